The van der Waals surface area contributed by atoms with Gasteiger partial charge in [0.05, 0.1) is 24.3 Å². The van der Waals surface area contributed by atoms with E-state index < -0.39 is 0 Å². The maximum Gasteiger partial charge on any atom is 0.261 e. The van der Waals surface area contributed by atoms with E-state index in [1.165, 1.54) is 4.90 Å². The first kappa shape index (κ1) is 20.0. The quantitative estimate of drug-likeness (QED) is 0.709. The summed E-state index contributed by atoms with van der Waals surface area (Å²) in [6, 6.07) is 4.95. The minimum Gasteiger partial charge on any atom is -0.379 e. The molecule has 0 radical (unpaired) electrons. The molecular weight excluding hydrogens is 370 g/mol. The smallest absolute Gasteiger partial charge is 0.261 e. The number of hydrogen-bond acceptors (Lipinski definition) is 5. The number of benzene rings is 1. The zero-order valence-electron chi connectivity index (χ0n) is 16.9. The fourth-order valence-corrected chi connectivity index (χ4v) is 4.36. The number of rotatable bonds is 5. The molecule has 3 aliphatic rings. The van der Waals surface area contributed by atoms with Gasteiger partial charge >= 0.3 is 0 Å². The normalized spacial score (nSPS) is 20.7. The number of ether oxygens (including phenoxy) is 1. The molecule has 7 nitrogen and oxygen atoms in total. The molecule has 0 N–H and O–H groups in total. The number of likely N-dealkylation sites (tertiary alicyclic amines) is 1. The maximum atomic E-state index is 12.9. The zero-order chi connectivity index (χ0) is 20.2. The Morgan fingerprint density at radius 3 is 2.28 bits per heavy atom. The van der Waals surface area contributed by atoms with E-state index in [4.69, 9.17) is 4.74 Å². The molecule has 0 saturated carbocycles. The van der Waals surface area contributed by atoms with Crippen LogP contribution in [0, 0.1) is 0 Å². The van der Waals surface area contributed by atoms with E-state index in [0.717, 1.165) is 78.0 Å². The van der Waals surface area contributed by atoms with Gasteiger partial charge in [0.2, 0.25) is 0 Å². The van der Waals surface area contributed by atoms with Gasteiger partial charge in [-0.2, -0.15) is 0 Å². The molecular formula is C22H29N3O4. The number of carbonyl (C=O) groups excluding carboxylic acids is 3. The van der Waals surface area contributed by atoms with E-state index in [-0.39, 0.29) is 17.7 Å². The molecule has 2 saturated heterocycles. The average molecular weight is 399 g/mol. The minimum atomic E-state index is -0.280. The van der Waals surface area contributed by atoms with Crippen LogP contribution in [0.3, 0.4) is 0 Å². The third-order valence-electron chi connectivity index (χ3n) is 6.07. The van der Waals surface area contributed by atoms with Crippen LogP contribution >= 0.6 is 0 Å². The van der Waals surface area contributed by atoms with Gasteiger partial charge in [-0.25, -0.2) is 0 Å². The first-order valence-electron chi connectivity index (χ1n) is 10.7. The van der Waals surface area contributed by atoms with Gasteiger partial charge in [0.1, 0.15) is 0 Å². The summed E-state index contributed by atoms with van der Waals surface area (Å²) < 4.78 is 5.35. The van der Waals surface area contributed by atoms with Crippen LogP contribution in [-0.4, -0.2) is 84.9 Å². The molecule has 156 valence electrons. The Morgan fingerprint density at radius 2 is 1.55 bits per heavy atom. The SMILES string of the molecule is O=C(c1ccc2c(c1)C(=O)N(CCCN1CCOCC1)C2=O)N1CCCCCC1. The van der Waals surface area contributed by atoms with Crippen LogP contribution in [0.25, 0.3) is 0 Å². The molecule has 0 bridgehead atoms. The van der Waals surface area contributed by atoms with Crippen molar-refractivity contribution >= 4 is 17.7 Å². The first-order valence-corrected chi connectivity index (χ1v) is 10.7. The van der Waals surface area contributed by atoms with Crippen molar-refractivity contribution in [2.24, 2.45) is 0 Å². The Balaban J connectivity index is 1.41. The van der Waals surface area contributed by atoms with E-state index >= 15 is 0 Å². The van der Waals surface area contributed by atoms with E-state index in [1.807, 2.05) is 4.90 Å². The molecule has 1 aromatic rings. The predicted octanol–water partition coefficient (Wildman–Crippen LogP) is 2.02. The lowest BCUT2D eigenvalue weighted by Gasteiger charge is -2.27. The van der Waals surface area contributed by atoms with Gasteiger partial charge in [-0.1, -0.05) is 12.8 Å². The lowest BCUT2D eigenvalue weighted by atomic mass is 10.0. The van der Waals surface area contributed by atoms with Gasteiger partial charge in [0.25, 0.3) is 17.7 Å². The van der Waals surface area contributed by atoms with Crippen LogP contribution in [0.4, 0.5) is 0 Å². The van der Waals surface area contributed by atoms with Crippen LogP contribution in [0.2, 0.25) is 0 Å². The minimum absolute atomic E-state index is 0.0410. The van der Waals surface area contributed by atoms with E-state index in [2.05, 4.69) is 4.90 Å². The first-order chi connectivity index (χ1) is 14.1. The lowest BCUT2D eigenvalue weighted by molar-refractivity contribution is 0.0355. The monoisotopic (exact) mass is 399 g/mol. The fraction of sp³-hybridized carbons (Fsp3) is 0.591. The number of morpholine rings is 1. The summed E-state index contributed by atoms with van der Waals surface area (Å²) >= 11 is 0. The summed E-state index contributed by atoms with van der Waals surface area (Å²) in [6.45, 7) is 6.03. The second kappa shape index (κ2) is 9.05. The molecule has 0 atom stereocenters. The highest BCUT2D eigenvalue weighted by Gasteiger charge is 2.36. The summed E-state index contributed by atoms with van der Waals surface area (Å²) in [4.78, 5) is 43.9. The highest BCUT2D eigenvalue weighted by molar-refractivity contribution is 6.22. The molecule has 29 heavy (non-hydrogen) atoms. The molecule has 0 spiro atoms. The number of amides is 3. The lowest BCUT2D eigenvalue weighted by Crippen LogP contribution is -2.39. The number of nitrogens with zero attached hydrogens (tertiary/aromatic N) is 3. The second-order valence-corrected chi connectivity index (χ2v) is 8.04. The van der Waals surface area contributed by atoms with Gasteiger partial charge in [0, 0.05) is 44.8 Å². The predicted molar refractivity (Wildman–Crippen MR) is 108 cm³/mol. The number of carbonyl (C=O) groups is 3. The van der Waals surface area contributed by atoms with E-state index in [0.29, 0.717) is 23.2 Å². The van der Waals surface area contributed by atoms with Crippen molar-refractivity contribution < 1.29 is 19.1 Å². The number of hydrogen-bond donors (Lipinski definition) is 0. The Kier molecular flexibility index (Phi) is 6.25. The zero-order valence-corrected chi connectivity index (χ0v) is 16.9. The molecule has 2 fully saturated rings. The van der Waals surface area contributed by atoms with Crippen molar-refractivity contribution in [1.82, 2.24) is 14.7 Å². The standard InChI is InChI=1S/C22H29N3O4/c26-20(24-9-3-1-2-4-10-24)17-6-7-18-19(16-17)22(28)25(21(18)27)11-5-8-23-12-14-29-15-13-23/h6-7,16H,1-5,8-15H2. The average Bonchev–Trinajstić information content (AvgIpc) is 2.94. The van der Waals surface area contributed by atoms with E-state index in [9.17, 15) is 14.4 Å². The van der Waals surface area contributed by atoms with Gasteiger partial charge in [-0.05, 0) is 37.5 Å². The summed E-state index contributed by atoms with van der Waals surface area (Å²) in [5, 5.41) is 0. The summed E-state index contributed by atoms with van der Waals surface area (Å²) in [5.74, 6) is -0.570. The summed E-state index contributed by atoms with van der Waals surface area (Å²) in [5.41, 5.74) is 1.28. The van der Waals surface area contributed by atoms with Crippen LogP contribution in [0.5, 0.6) is 0 Å². The molecule has 3 aliphatic heterocycles. The van der Waals surface area contributed by atoms with Crippen LogP contribution in [-0.2, 0) is 4.74 Å². The Bertz CT molecular complexity index is 780. The molecule has 3 heterocycles. The van der Waals surface area contributed by atoms with Gasteiger partial charge < -0.3 is 9.64 Å². The summed E-state index contributed by atoms with van der Waals surface area (Å²) in [7, 11) is 0. The van der Waals surface area contributed by atoms with Crippen molar-refractivity contribution in [2.45, 2.75) is 32.1 Å². The molecule has 1 aromatic carbocycles. The largest absolute Gasteiger partial charge is 0.379 e. The van der Waals surface area contributed by atoms with Gasteiger partial charge in [0.15, 0.2) is 0 Å². The van der Waals surface area contributed by atoms with Crippen LogP contribution in [0.1, 0.15) is 63.2 Å². The van der Waals surface area contributed by atoms with Crippen molar-refractivity contribution in [3.05, 3.63) is 34.9 Å². The van der Waals surface area contributed by atoms with Crippen LogP contribution < -0.4 is 0 Å². The highest BCUT2D eigenvalue weighted by Crippen LogP contribution is 2.25. The van der Waals surface area contributed by atoms with Crippen molar-refractivity contribution in [3.8, 4) is 0 Å². The molecule has 0 unspecified atom stereocenters. The Hall–Kier alpha value is -2.25. The summed E-state index contributed by atoms with van der Waals surface area (Å²) in [6.07, 6.45) is 5.09. The number of fused-ring (bicyclic) bond motifs is 1. The molecule has 0 aromatic heterocycles. The third kappa shape index (κ3) is 4.36. The molecule has 7 heteroatoms. The fourth-order valence-electron chi connectivity index (χ4n) is 4.36. The molecule has 4 rings (SSSR count). The highest BCUT2D eigenvalue weighted by atomic mass is 16.5. The molecule has 0 aliphatic carbocycles. The van der Waals surface area contributed by atoms with Crippen LogP contribution in [0.15, 0.2) is 18.2 Å². The maximum absolute atomic E-state index is 12.9. The van der Waals surface area contributed by atoms with Gasteiger partial charge in [-0.15, -0.1) is 0 Å². The Morgan fingerprint density at radius 1 is 0.862 bits per heavy atom. The van der Waals surface area contributed by atoms with Crippen molar-refractivity contribution in [2.75, 3.05) is 52.5 Å². The topological polar surface area (TPSA) is 70.2 Å². The second-order valence-electron chi connectivity index (χ2n) is 8.04. The Labute approximate surface area is 171 Å². The van der Waals surface area contributed by atoms with Crippen molar-refractivity contribution in [1.29, 1.82) is 0 Å². The molecule has 3 amide bonds. The third-order valence-corrected chi connectivity index (χ3v) is 6.07. The van der Waals surface area contributed by atoms with Gasteiger partial charge in [-0.3, -0.25) is 24.2 Å². The van der Waals surface area contributed by atoms with E-state index in [1.54, 1.807) is 18.2 Å². The van der Waals surface area contributed by atoms with Crippen molar-refractivity contribution in [3.63, 3.8) is 0 Å². The number of imide groups is 1.